The van der Waals surface area contributed by atoms with Crippen molar-refractivity contribution in [2.45, 2.75) is 33.6 Å². The van der Waals surface area contributed by atoms with Crippen LogP contribution in [0.2, 0.25) is 0 Å². The van der Waals surface area contributed by atoms with Crippen molar-refractivity contribution < 1.29 is 4.79 Å². The number of thiazole rings is 2. The maximum Gasteiger partial charge on any atom is 0.144 e. The minimum absolute atomic E-state index is 0.206. The number of ketones is 1. The van der Waals surface area contributed by atoms with Crippen LogP contribution in [0.4, 0.5) is 0 Å². The number of benzene rings is 1. The molecule has 0 aliphatic rings. The average Bonchev–Trinajstić information content (AvgIpc) is 3.07. The van der Waals surface area contributed by atoms with E-state index in [-0.39, 0.29) is 5.78 Å². The molecule has 0 fully saturated rings. The molecular formula is C18H18N2OS2. The maximum absolute atomic E-state index is 12.3. The van der Waals surface area contributed by atoms with Crippen LogP contribution in [0.1, 0.15) is 26.8 Å². The van der Waals surface area contributed by atoms with Gasteiger partial charge in [0.1, 0.15) is 10.8 Å². The molecule has 0 unspecified atom stereocenters. The summed E-state index contributed by atoms with van der Waals surface area (Å²) in [6.07, 6.45) is 0.871. The lowest BCUT2D eigenvalue weighted by Gasteiger charge is -2.03. The smallest absolute Gasteiger partial charge is 0.144 e. The summed E-state index contributed by atoms with van der Waals surface area (Å²) in [4.78, 5) is 22.5. The molecule has 0 bridgehead atoms. The van der Waals surface area contributed by atoms with Gasteiger partial charge in [0, 0.05) is 11.8 Å². The topological polar surface area (TPSA) is 42.9 Å². The molecule has 0 N–H and O–H groups in total. The standard InChI is InChI=1S/C18H18N2OS2/c1-11-6-4-5-7-14(11)8-15(21)9-17-20-16(10-22-17)18-12(2)19-13(3)23-18/h4-7,10H,8-9H2,1-3H3. The van der Waals surface area contributed by atoms with Crippen LogP contribution >= 0.6 is 22.7 Å². The Kier molecular flexibility index (Phi) is 4.68. The first-order valence-corrected chi connectivity index (χ1v) is 9.17. The first-order valence-electron chi connectivity index (χ1n) is 7.48. The molecular weight excluding hydrogens is 324 g/mol. The van der Waals surface area contributed by atoms with Gasteiger partial charge < -0.3 is 0 Å². The number of carbonyl (C=O) groups is 1. The molecule has 0 aliphatic heterocycles. The lowest BCUT2D eigenvalue weighted by molar-refractivity contribution is -0.117. The zero-order valence-corrected chi connectivity index (χ0v) is 15.1. The van der Waals surface area contributed by atoms with E-state index in [1.807, 2.05) is 50.4 Å². The molecule has 0 radical (unpaired) electrons. The predicted molar refractivity (Wildman–Crippen MR) is 96.3 cm³/mol. The van der Waals surface area contributed by atoms with E-state index in [1.165, 1.54) is 0 Å². The van der Waals surface area contributed by atoms with Gasteiger partial charge in [-0.3, -0.25) is 4.79 Å². The van der Waals surface area contributed by atoms with E-state index < -0.39 is 0 Å². The van der Waals surface area contributed by atoms with Crippen molar-refractivity contribution in [3.05, 3.63) is 56.5 Å². The Bertz CT molecular complexity index is 848. The maximum atomic E-state index is 12.3. The minimum atomic E-state index is 0.206. The number of hydrogen-bond acceptors (Lipinski definition) is 5. The number of rotatable bonds is 5. The molecule has 0 spiro atoms. The summed E-state index contributed by atoms with van der Waals surface area (Å²) in [5.74, 6) is 0.206. The van der Waals surface area contributed by atoms with Crippen LogP contribution in [-0.4, -0.2) is 15.8 Å². The van der Waals surface area contributed by atoms with Crippen molar-refractivity contribution in [2.24, 2.45) is 0 Å². The molecule has 23 heavy (non-hydrogen) atoms. The Morgan fingerprint density at radius 2 is 1.87 bits per heavy atom. The van der Waals surface area contributed by atoms with E-state index in [4.69, 9.17) is 0 Å². The molecule has 3 nitrogen and oxygen atoms in total. The van der Waals surface area contributed by atoms with E-state index in [0.717, 1.165) is 37.4 Å². The van der Waals surface area contributed by atoms with Gasteiger partial charge in [-0.1, -0.05) is 24.3 Å². The van der Waals surface area contributed by atoms with Gasteiger partial charge in [-0.15, -0.1) is 22.7 Å². The van der Waals surface area contributed by atoms with Gasteiger partial charge in [0.2, 0.25) is 0 Å². The third-order valence-electron chi connectivity index (χ3n) is 3.69. The summed E-state index contributed by atoms with van der Waals surface area (Å²) >= 11 is 3.20. The summed E-state index contributed by atoms with van der Waals surface area (Å²) < 4.78 is 0. The van der Waals surface area contributed by atoms with E-state index in [9.17, 15) is 4.79 Å². The fourth-order valence-electron chi connectivity index (χ4n) is 2.52. The van der Waals surface area contributed by atoms with Gasteiger partial charge in [0.25, 0.3) is 0 Å². The number of hydrogen-bond donors (Lipinski definition) is 0. The van der Waals surface area contributed by atoms with Crippen molar-refractivity contribution >= 4 is 28.5 Å². The summed E-state index contributed by atoms with van der Waals surface area (Å²) in [7, 11) is 0. The molecule has 118 valence electrons. The van der Waals surface area contributed by atoms with Gasteiger partial charge in [-0.05, 0) is 31.9 Å². The number of aryl methyl sites for hydroxylation is 3. The molecule has 0 aliphatic carbocycles. The van der Waals surface area contributed by atoms with Crippen molar-refractivity contribution in [1.82, 2.24) is 9.97 Å². The van der Waals surface area contributed by atoms with Crippen LogP contribution in [0.15, 0.2) is 29.6 Å². The number of carbonyl (C=O) groups excluding carboxylic acids is 1. The second kappa shape index (κ2) is 6.72. The SMILES string of the molecule is Cc1nc(C)c(-c2csc(CC(=O)Cc3ccccc3C)n2)s1. The fraction of sp³-hybridized carbons (Fsp3) is 0.278. The molecule has 3 rings (SSSR count). The molecule has 0 atom stereocenters. The molecule has 2 heterocycles. The summed E-state index contributed by atoms with van der Waals surface area (Å²) in [6.45, 7) is 6.04. The van der Waals surface area contributed by atoms with Crippen molar-refractivity contribution in [3.63, 3.8) is 0 Å². The highest BCUT2D eigenvalue weighted by Gasteiger charge is 2.14. The monoisotopic (exact) mass is 342 g/mol. The Labute approximate surface area is 144 Å². The largest absolute Gasteiger partial charge is 0.299 e. The Balaban J connectivity index is 1.71. The normalized spacial score (nSPS) is 10.9. The average molecular weight is 342 g/mol. The van der Waals surface area contributed by atoms with Gasteiger partial charge in [-0.25, -0.2) is 9.97 Å². The number of nitrogens with zero attached hydrogens (tertiary/aromatic N) is 2. The van der Waals surface area contributed by atoms with Crippen molar-refractivity contribution in [3.8, 4) is 10.6 Å². The second-order valence-electron chi connectivity index (χ2n) is 5.59. The first kappa shape index (κ1) is 16.0. The quantitative estimate of drug-likeness (QED) is 0.683. The number of Topliss-reactive ketones (excluding diaryl/α,β-unsaturated/α-hetero) is 1. The molecule has 0 saturated carbocycles. The van der Waals surface area contributed by atoms with Gasteiger partial charge in [0.15, 0.2) is 0 Å². The van der Waals surface area contributed by atoms with E-state index >= 15 is 0 Å². The minimum Gasteiger partial charge on any atom is -0.299 e. The molecule has 0 amide bonds. The molecule has 1 aromatic carbocycles. The molecule has 5 heteroatoms. The van der Waals surface area contributed by atoms with E-state index in [0.29, 0.717) is 12.8 Å². The molecule has 0 saturated heterocycles. The second-order valence-corrected chi connectivity index (χ2v) is 7.74. The third-order valence-corrected chi connectivity index (χ3v) is 5.63. The van der Waals surface area contributed by atoms with E-state index in [1.54, 1.807) is 22.7 Å². The number of aromatic nitrogens is 2. The van der Waals surface area contributed by atoms with Crippen LogP contribution in [0.25, 0.3) is 10.6 Å². The highest BCUT2D eigenvalue weighted by Crippen LogP contribution is 2.30. The summed E-state index contributed by atoms with van der Waals surface area (Å²) in [5, 5.41) is 3.95. The van der Waals surface area contributed by atoms with Gasteiger partial charge in [-0.2, -0.15) is 0 Å². The zero-order valence-electron chi connectivity index (χ0n) is 13.4. The fourth-order valence-corrected chi connectivity index (χ4v) is 4.29. The van der Waals surface area contributed by atoms with Crippen LogP contribution < -0.4 is 0 Å². The van der Waals surface area contributed by atoms with Gasteiger partial charge >= 0.3 is 0 Å². The van der Waals surface area contributed by atoms with Crippen LogP contribution in [0.3, 0.4) is 0 Å². The van der Waals surface area contributed by atoms with Crippen molar-refractivity contribution in [2.75, 3.05) is 0 Å². The molecule has 2 aromatic heterocycles. The predicted octanol–water partition coefficient (Wildman–Crippen LogP) is 4.55. The third kappa shape index (κ3) is 3.74. The lowest BCUT2D eigenvalue weighted by Crippen LogP contribution is -2.07. The highest BCUT2D eigenvalue weighted by atomic mass is 32.1. The van der Waals surface area contributed by atoms with Crippen LogP contribution in [0.5, 0.6) is 0 Å². The lowest BCUT2D eigenvalue weighted by atomic mass is 10.0. The summed E-state index contributed by atoms with van der Waals surface area (Å²) in [6, 6.07) is 8.03. The van der Waals surface area contributed by atoms with Gasteiger partial charge in [0.05, 0.1) is 27.7 Å². The Hall–Kier alpha value is -1.85. The Morgan fingerprint density at radius 3 is 2.57 bits per heavy atom. The van der Waals surface area contributed by atoms with Crippen LogP contribution in [0, 0.1) is 20.8 Å². The van der Waals surface area contributed by atoms with E-state index in [2.05, 4.69) is 9.97 Å². The molecule has 3 aromatic rings. The van der Waals surface area contributed by atoms with Crippen LogP contribution in [-0.2, 0) is 17.6 Å². The Morgan fingerprint density at radius 1 is 1.09 bits per heavy atom. The van der Waals surface area contributed by atoms with Crippen molar-refractivity contribution in [1.29, 1.82) is 0 Å². The first-order chi connectivity index (χ1) is 11.0. The zero-order chi connectivity index (χ0) is 16.4. The summed E-state index contributed by atoms with van der Waals surface area (Å²) in [5.41, 5.74) is 4.21. The highest BCUT2D eigenvalue weighted by molar-refractivity contribution is 7.16.